The molecule has 3 rings (SSSR count). The van der Waals surface area contributed by atoms with E-state index in [9.17, 15) is 18.4 Å². The van der Waals surface area contributed by atoms with E-state index in [0.717, 1.165) is 6.07 Å². The van der Waals surface area contributed by atoms with Crippen molar-refractivity contribution in [3.8, 4) is 17.2 Å². The molecule has 1 aromatic heterocycles. The van der Waals surface area contributed by atoms with Crippen LogP contribution in [0.2, 0.25) is 5.02 Å². The van der Waals surface area contributed by atoms with Gasteiger partial charge in [0.15, 0.2) is 17.4 Å². The van der Waals surface area contributed by atoms with E-state index in [1.54, 1.807) is 0 Å². The van der Waals surface area contributed by atoms with Gasteiger partial charge in [-0.15, -0.1) is 0 Å². The van der Waals surface area contributed by atoms with E-state index >= 15 is 0 Å². The van der Waals surface area contributed by atoms with Crippen molar-refractivity contribution < 1.29 is 33.0 Å². The van der Waals surface area contributed by atoms with Crippen LogP contribution in [0.5, 0.6) is 17.2 Å². The minimum atomic E-state index is -1.27. The van der Waals surface area contributed by atoms with E-state index in [1.807, 2.05) is 0 Å². The van der Waals surface area contributed by atoms with Gasteiger partial charge in [0.05, 0.1) is 36.5 Å². The first-order valence-electron chi connectivity index (χ1n) is 9.46. The number of carbonyl (C=O) groups is 2. The normalized spacial score (nSPS) is 11.7. The second kappa shape index (κ2) is 9.84. The number of benzene rings is 2. The van der Waals surface area contributed by atoms with Crippen LogP contribution in [0.3, 0.4) is 0 Å². The number of primary amides is 1. The molecule has 3 amide bonds. The van der Waals surface area contributed by atoms with Crippen molar-refractivity contribution in [1.82, 2.24) is 10.3 Å². The summed E-state index contributed by atoms with van der Waals surface area (Å²) in [6.07, 6.45) is 1.33. The molecule has 1 atom stereocenters. The summed E-state index contributed by atoms with van der Waals surface area (Å²) >= 11 is 5.97. The average molecular weight is 481 g/mol. The highest BCUT2D eigenvalue weighted by atomic mass is 35.5. The van der Waals surface area contributed by atoms with Crippen molar-refractivity contribution in [1.29, 1.82) is 0 Å². The number of nitrogens with zero attached hydrogens (tertiary/aromatic N) is 1. The molecule has 0 aliphatic carbocycles. The smallest absolute Gasteiger partial charge is 0.319 e. The highest BCUT2D eigenvalue weighted by Crippen LogP contribution is 2.39. The minimum absolute atomic E-state index is 0.0181. The maximum absolute atomic E-state index is 14.9. The number of methoxy groups -OCH3 is 1. The van der Waals surface area contributed by atoms with E-state index in [0.29, 0.717) is 5.52 Å². The lowest BCUT2D eigenvalue weighted by Gasteiger charge is -2.16. The largest absolute Gasteiger partial charge is 0.496 e. The lowest BCUT2D eigenvalue weighted by atomic mass is 10.1. The molecule has 174 valence electrons. The highest BCUT2D eigenvalue weighted by Gasteiger charge is 2.22. The van der Waals surface area contributed by atoms with Crippen LogP contribution in [0.15, 0.2) is 30.5 Å². The van der Waals surface area contributed by atoms with Gasteiger partial charge in [0.2, 0.25) is 0 Å². The molecule has 0 unspecified atom stereocenters. The van der Waals surface area contributed by atoms with Crippen LogP contribution in [-0.4, -0.2) is 41.8 Å². The SMILES string of the molecule is COc1cc2nccc(Oc3c(F)cc(NC(=O)N[C@@H](C)CO)c(Cl)c3F)c2cc1C(N)=O. The van der Waals surface area contributed by atoms with Crippen LogP contribution >= 0.6 is 11.6 Å². The number of fused-ring (bicyclic) bond motifs is 1. The quantitative estimate of drug-likeness (QED) is 0.382. The summed E-state index contributed by atoms with van der Waals surface area (Å²) < 4.78 is 40.2. The first kappa shape index (κ1) is 24.0. The Morgan fingerprint density at radius 1 is 1.27 bits per heavy atom. The molecule has 0 fully saturated rings. The van der Waals surface area contributed by atoms with Gasteiger partial charge in [0, 0.05) is 23.7 Å². The number of aliphatic hydroxyl groups is 1. The van der Waals surface area contributed by atoms with E-state index in [-0.39, 0.29) is 34.7 Å². The summed E-state index contributed by atoms with van der Waals surface area (Å²) in [4.78, 5) is 27.8. The minimum Gasteiger partial charge on any atom is -0.496 e. The number of amides is 3. The number of ether oxygens (including phenoxy) is 2. The zero-order valence-electron chi connectivity index (χ0n) is 17.4. The van der Waals surface area contributed by atoms with Crippen molar-refractivity contribution >= 4 is 40.1 Å². The molecule has 0 saturated carbocycles. The van der Waals surface area contributed by atoms with Gasteiger partial charge in [-0.25, -0.2) is 13.6 Å². The van der Waals surface area contributed by atoms with Crippen molar-refractivity contribution in [2.24, 2.45) is 5.73 Å². The number of hydrogen-bond acceptors (Lipinski definition) is 6. The van der Waals surface area contributed by atoms with E-state index in [2.05, 4.69) is 15.6 Å². The summed E-state index contributed by atoms with van der Waals surface area (Å²) in [6.45, 7) is 1.19. The standard InChI is InChI=1S/C21H19ClF2N4O5/c1-9(8-29)27-21(31)28-14-6-12(23)19(18(24)17(14)22)33-15-3-4-26-13-7-16(32-2)11(20(25)30)5-10(13)15/h3-7,9,29H,8H2,1-2H3,(H2,25,30)(H2,27,28,31)/t9-/m0/s1. The fraction of sp³-hybridized carbons (Fsp3) is 0.190. The number of carbonyl (C=O) groups excluding carboxylic acids is 2. The highest BCUT2D eigenvalue weighted by molar-refractivity contribution is 6.34. The van der Waals surface area contributed by atoms with Gasteiger partial charge in [0.25, 0.3) is 5.91 Å². The van der Waals surface area contributed by atoms with Crippen LogP contribution < -0.4 is 25.8 Å². The van der Waals surface area contributed by atoms with Crippen LogP contribution in [0.25, 0.3) is 10.9 Å². The number of anilines is 1. The average Bonchev–Trinajstić information content (AvgIpc) is 2.78. The molecule has 5 N–H and O–H groups in total. The first-order valence-corrected chi connectivity index (χ1v) is 9.84. The van der Waals surface area contributed by atoms with E-state index in [1.165, 1.54) is 38.4 Å². The monoisotopic (exact) mass is 480 g/mol. The third-order valence-corrected chi connectivity index (χ3v) is 4.89. The predicted octanol–water partition coefficient (Wildman–Crippen LogP) is 3.57. The lowest BCUT2D eigenvalue weighted by Crippen LogP contribution is -2.38. The van der Waals surface area contributed by atoms with Gasteiger partial charge in [-0.2, -0.15) is 0 Å². The maximum atomic E-state index is 14.9. The molecule has 0 aliphatic rings. The molecule has 9 nitrogen and oxygen atoms in total. The molecule has 2 aromatic carbocycles. The third-order valence-electron chi connectivity index (χ3n) is 4.52. The molecule has 0 aliphatic heterocycles. The number of urea groups is 1. The first-order chi connectivity index (χ1) is 15.7. The van der Waals surface area contributed by atoms with E-state index in [4.69, 9.17) is 31.9 Å². The summed E-state index contributed by atoms with van der Waals surface area (Å²) in [6, 6.07) is 3.47. The molecular weight excluding hydrogens is 462 g/mol. The molecule has 0 spiro atoms. The van der Waals surface area contributed by atoms with Gasteiger partial charge in [-0.1, -0.05) is 11.6 Å². The molecule has 12 heteroatoms. The number of pyridine rings is 1. The summed E-state index contributed by atoms with van der Waals surface area (Å²) in [5.74, 6) is -3.91. The molecule has 0 saturated heterocycles. The second-order valence-electron chi connectivity index (χ2n) is 6.89. The number of halogens is 3. The van der Waals surface area contributed by atoms with Gasteiger partial charge >= 0.3 is 6.03 Å². The molecule has 1 heterocycles. The summed E-state index contributed by atoms with van der Waals surface area (Å²) in [5, 5.41) is 13.2. The van der Waals surface area contributed by atoms with Crippen LogP contribution in [0.4, 0.5) is 19.3 Å². The third kappa shape index (κ3) is 5.04. The zero-order chi connectivity index (χ0) is 24.3. The van der Waals surface area contributed by atoms with E-state index < -0.39 is 40.4 Å². The van der Waals surface area contributed by atoms with Gasteiger partial charge in [-0.05, 0) is 19.1 Å². The molecule has 33 heavy (non-hydrogen) atoms. The fourth-order valence-electron chi connectivity index (χ4n) is 2.90. The Labute approximate surface area is 191 Å². The van der Waals surface area contributed by atoms with Crippen LogP contribution in [0.1, 0.15) is 17.3 Å². The molecule has 0 bridgehead atoms. The van der Waals surface area contributed by atoms with Crippen molar-refractivity contribution in [2.75, 3.05) is 19.0 Å². The lowest BCUT2D eigenvalue weighted by molar-refractivity contribution is 0.0997. The van der Waals surface area contributed by atoms with Crippen LogP contribution in [0, 0.1) is 11.6 Å². The van der Waals surface area contributed by atoms with Crippen LogP contribution in [-0.2, 0) is 0 Å². The number of hydrogen-bond donors (Lipinski definition) is 4. The topological polar surface area (TPSA) is 136 Å². The number of rotatable bonds is 7. The Bertz CT molecular complexity index is 1240. The molecule has 0 radical (unpaired) electrons. The summed E-state index contributed by atoms with van der Waals surface area (Å²) in [7, 11) is 1.35. The Hall–Kier alpha value is -3.70. The Morgan fingerprint density at radius 3 is 2.64 bits per heavy atom. The number of nitrogens with one attached hydrogen (secondary N) is 2. The van der Waals surface area contributed by atoms with Crippen molar-refractivity contribution in [3.63, 3.8) is 0 Å². The Morgan fingerprint density at radius 2 is 2.00 bits per heavy atom. The number of aliphatic hydroxyl groups excluding tert-OH is 1. The molecule has 3 aromatic rings. The van der Waals surface area contributed by atoms with Crippen molar-refractivity contribution in [2.45, 2.75) is 13.0 Å². The summed E-state index contributed by atoms with van der Waals surface area (Å²) in [5.41, 5.74) is 5.36. The van der Waals surface area contributed by atoms with Crippen molar-refractivity contribution in [3.05, 3.63) is 52.7 Å². The number of nitrogens with two attached hydrogens (primary N) is 1. The van der Waals surface area contributed by atoms with Gasteiger partial charge in [-0.3, -0.25) is 9.78 Å². The predicted molar refractivity (Wildman–Crippen MR) is 117 cm³/mol. The van der Waals surface area contributed by atoms with Gasteiger partial charge in [0.1, 0.15) is 16.5 Å². The second-order valence-corrected chi connectivity index (χ2v) is 7.27. The Balaban J connectivity index is 2.00. The number of aromatic nitrogens is 1. The zero-order valence-corrected chi connectivity index (χ0v) is 18.2. The Kier molecular flexibility index (Phi) is 7.14. The van der Waals surface area contributed by atoms with Gasteiger partial charge < -0.3 is 30.9 Å². The fourth-order valence-corrected chi connectivity index (χ4v) is 3.09. The molecular formula is C21H19ClF2N4O5. The maximum Gasteiger partial charge on any atom is 0.319 e.